The molecule has 1 heterocycles. The van der Waals surface area contributed by atoms with Crippen LogP contribution in [-0.2, 0) is 4.79 Å². The van der Waals surface area contributed by atoms with Gasteiger partial charge in [0.15, 0.2) is 0 Å². The molecule has 0 saturated carbocycles. The zero-order valence-electron chi connectivity index (χ0n) is 6.53. The van der Waals surface area contributed by atoms with Crippen molar-refractivity contribution in [3.05, 3.63) is 24.0 Å². The second kappa shape index (κ2) is 4.33. The average molecular weight is 166 g/mol. The standard InChI is InChI=1S/C8H10N2O2/c11-8(12)3-5-9-6-7-2-1-4-10-7/h1-2,4,6,10H,3,5H2,(H,11,12)/b9-6+. The number of nitrogens with one attached hydrogen (secondary N) is 1. The number of aliphatic carboxylic acids is 1. The summed E-state index contributed by atoms with van der Waals surface area (Å²) in [5.41, 5.74) is 0.889. The smallest absolute Gasteiger partial charge is 0.305 e. The maximum atomic E-state index is 10.1. The number of aromatic amines is 1. The molecule has 64 valence electrons. The van der Waals surface area contributed by atoms with E-state index in [1.807, 2.05) is 12.1 Å². The summed E-state index contributed by atoms with van der Waals surface area (Å²) in [4.78, 5) is 16.9. The molecule has 1 aromatic heterocycles. The molecule has 0 aliphatic rings. The second-order valence-corrected chi connectivity index (χ2v) is 2.30. The molecule has 1 rings (SSSR count). The van der Waals surface area contributed by atoms with Gasteiger partial charge in [-0.15, -0.1) is 0 Å². The lowest BCUT2D eigenvalue weighted by atomic mass is 10.4. The molecule has 0 aliphatic heterocycles. The summed E-state index contributed by atoms with van der Waals surface area (Å²) < 4.78 is 0. The van der Waals surface area contributed by atoms with E-state index in [1.54, 1.807) is 12.4 Å². The molecule has 0 aromatic carbocycles. The molecule has 2 N–H and O–H groups in total. The van der Waals surface area contributed by atoms with E-state index in [-0.39, 0.29) is 6.42 Å². The number of aromatic nitrogens is 1. The topological polar surface area (TPSA) is 65.4 Å². The Morgan fingerprint density at radius 1 is 1.75 bits per heavy atom. The van der Waals surface area contributed by atoms with Crippen molar-refractivity contribution in [2.75, 3.05) is 6.54 Å². The Labute approximate surface area is 70.0 Å². The molecule has 0 amide bonds. The SMILES string of the molecule is O=C(O)CC/N=C/c1ccc[nH]1. The van der Waals surface area contributed by atoms with Gasteiger partial charge in [0.25, 0.3) is 0 Å². The molecule has 0 unspecified atom stereocenters. The molecule has 4 nitrogen and oxygen atoms in total. The second-order valence-electron chi connectivity index (χ2n) is 2.30. The predicted molar refractivity (Wildman–Crippen MR) is 45.5 cm³/mol. The Hall–Kier alpha value is -1.58. The maximum Gasteiger partial charge on any atom is 0.305 e. The Kier molecular flexibility index (Phi) is 3.07. The fourth-order valence-electron chi connectivity index (χ4n) is 0.748. The summed E-state index contributed by atoms with van der Waals surface area (Å²) in [5.74, 6) is -0.821. The summed E-state index contributed by atoms with van der Waals surface area (Å²) in [7, 11) is 0. The summed E-state index contributed by atoms with van der Waals surface area (Å²) in [6, 6.07) is 3.73. The van der Waals surface area contributed by atoms with Gasteiger partial charge in [-0.2, -0.15) is 0 Å². The highest BCUT2D eigenvalue weighted by Gasteiger charge is 1.92. The van der Waals surface area contributed by atoms with E-state index in [0.717, 1.165) is 5.69 Å². The molecule has 0 spiro atoms. The van der Waals surface area contributed by atoms with Gasteiger partial charge in [0.05, 0.1) is 12.1 Å². The Bertz CT molecular complexity index is 265. The first kappa shape index (κ1) is 8.52. The van der Waals surface area contributed by atoms with Crippen molar-refractivity contribution in [1.82, 2.24) is 4.98 Å². The monoisotopic (exact) mass is 166 g/mol. The van der Waals surface area contributed by atoms with Crippen LogP contribution in [0.5, 0.6) is 0 Å². The first-order chi connectivity index (χ1) is 5.79. The van der Waals surface area contributed by atoms with Gasteiger partial charge >= 0.3 is 5.97 Å². The lowest BCUT2D eigenvalue weighted by molar-refractivity contribution is -0.136. The minimum absolute atomic E-state index is 0.0806. The van der Waals surface area contributed by atoms with Crippen LogP contribution >= 0.6 is 0 Å². The predicted octanol–water partition coefficient (Wildman–Crippen LogP) is 0.908. The lowest BCUT2D eigenvalue weighted by Crippen LogP contribution is -1.96. The van der Waals surface area contributed by atoms with Gasteiger partial charge in [0.1, 0.15) is 0 Å². The largest absolute Gasteiger partial charge is 0.481 e. The van der Waals surface area contributed by atoms with Crippen LogP contribution in [0.1, 0.15) is 12.1 Å². The first-order valence-electron chi connectivity index (χ1n) is 3.64. The van der Waals surface area contributed by atoms with E-state index >= 15 is 0 Å². The van der Waals surface area contributed by atoms with Crippen molar-refractivity contribution in [2.24, 2.45) is 4.99 Å². The minimum atomic E-state index is -0.821. The summed E-state index contributed by atoms with van der Waals surface area (Å²) >= 11 is 0. The Morgan fingerprint density at radius 2 is 2.58 bits per heavy atom. The number of rotatable bonds is 4. The van der Waals surface area contributed by atoms with Crippen LogP contribution in [0.15, 0.2) is 23.3 Å². The van der Waals surface area contributed by atoms with Crippen molar-refractivity contribution < 1.29 is 9.90 Å². The number of aliphatic imine (C=N–C) groups is 1. The highest BCUT2D eigenvalue weighted by molar-refractivity contribution is 5.77. The quantitative estimate of drug-likeness (QED) is 0.653. The Balaban J connectivity index is 2.27. The summed E-state index contributed by atoms with van der Waals surface area (Å²) in [5, 5.41) is 8.29. The van der Waals surface area contributed by atoms with Gasteiger partial charge in [0, 0.05) is 19.0 Å². The highest BCUT2D eigenvalue weighted by atomic mass is 16.4. The van der Waals surface area contributed by atoms with Gasteiger partial charge < -0.3 is 10.1 Å². The maximum absolute atomic E-state index is 10.1. The molecule has 1 aromatic rings. The summed E-state index contributed by atoms with van der Waals surface area (Å²) in [6.07, 6.45) is 3.50. The molecule has 0 saturated heterocycles. The van der Waals surface area contributed by atoms with Crippen LogP contribution in [0.25, 0.3) is 0 Å². The van der Waals surface area contributed by atoms with Crippen molar-refractivity contribution in [3.63, 3.8) is 0 Å². The fraction of sp³-hybridized carbons (Fsp3) is 0.250. The van der Waals surface area contributed by atoms with Crippen molar-refractivity contribution in [1.29, 1.82) is 0 Å². The molecule has 0 atom stereocenters. The van der Waals surface area contributed by atoms with E-state index in [4.69, 9.17) is 5.11 Å². The van der Waals surface area contributed by atoms with Crippen molar-refractivity contribution >= 4 is 12.2 Å². The molecule has 12 heavy (non-hydrogen) atoms. The van der Waals surface area contributed by atoms with Gasteiger partial charge in [-0.3, -0.25) is 9.79 Å². The summed E-state index contributed by atoms with van der Waals surface area (Å²) in [6.45, 7) is 0.328. The van der Waals surface area contributed by atoms with E-state index in [1.165, 1.54) is 0 Å². The third-order valence-electron chi connectivity index (χ3n) is 1.31. The number of hydrogen-bond donors (Lipinski definition) is 2. The van der Waals surface area contributed by atoms with Crippen LogP contribution in [0, 0.1) is 0 Å². The van der Waals surface area contributed by atoms with E-state index in [2.05, 4.69) is 9.98 Å². The number of carbonyl (C=O) groups is 1. The van der Waals surface area contributed by atoms with Gasteiger partial charge in [0.2, 0.25) is 0 Å². The van der Waals surface area contributed by atoms with E-state index in [9.17, 15) is 4.79 Å². The molecule has 0 radical (unpaired) electrons. The number of H-pyrrole nitrogens is 1. The average Bonchev–Trinajstić information content (AvgIpc) is 2.49. The van der Waals surface area contributed by atoms with E-state index < -0.39 is 5.97 Å². The van der Waals surface area contributed by atoms with Crippen LogP contribution in [0.2, 0.25) is 0 Å². The van der Waals surface area contributed by atoms with Gasteiger partial charge in [-0.1, -0.05) is 0 Å². The third kappa shape index (κ3) is 3.01. The minimum Gasteiger partial charge on any atom is -0.481 e. The van der Waals surface area contributed by atoms with Crippen molar-refractivity contribution in [3.8, 4) is 0 Å². The van der Waals surface area contributed by atoms with Gasteiger partial charge in [-0.25, -0.2) is 0 Å². The van der Waals surface area contributed by atoms with Crippen LogP contribution in [0.4, 0.5) is 0 Å². The molecule has 0 aliphatic carbocycles. The number of nitrogens with zero attached hydrogens (tertiary/aromatic N) is 1. The zero-order valence-corrected chi connectivity index (χ0v) is 6.53. The van der Waals surface area contributed by atoms with Crippen molar-refractivity contribution in [2.45, 2.75) is 6.42 Å². The zero-order chi connectivity index (χ0) is 8.81. The van der Waals surface area contributed by atoms with Crippen LogP contribution in [0.3, 0.4) is 0 Å². The molecular weight excluding hydrogens is 156 g/mol. The van der Waals surface area contributed by atoms with Gasteiger partial charge in [-0.05, 0) is 12.1 Å². The lowest BCUT2D eigenvalue weighted by Gasteiger charge is -1.87. The molecule has 0 fully saturated rings. The number of carboxylic acids is 1. The third-order valence-corrected chi connectivity index (χ3v) is 1.31. The van der Waals surface area contributed by atoms with E-state index in [0.29, 0.717) is 6.54 Å². The van der Waals surface area contributed by atoms with Crippen LogP contribution < -0.4 is 0 Å². The molecule has 4 heteroatoms. The highest BCUT2D eigenvalue weighted by Crippen LogP contribution is 1.89. The molecule has 0 bridgehead atoms. The first-order valence-corrected chi connectivity index (χ1v) is 3.64. The molecular formula is C8H10N2O2. The number of hydrogen-bond acceptors (Lipinski definition) is 2. The fourth-order valence-corrected chi connectivity index (χ4v) is 0.748. The Morgan fingerprint density at radius 3 is 3.17 bits per heavy atom. The number of carboxylic acid groups (broad SMARTS) is 1. The normalized spacial score (nSPS) is 10.7. The van der Waals surface area contributed by atoms with Crippen LogP contribution in [-0.4, -0.2) is 28.8 Å².